The third kappa shape index (κ3) is 2.75. The molecule has 90 valence electrons. The van der Waals surface area contributed by atoms with E-state index in [9.17, 15) is 0 Å². The van der Waals surface area contributed by atoms with Crippen molar-refractivity contribution in [2.45, 2.75) is 25.3 Å². The molecule has 2 heterocycles. The fourth-order valence-corrected chi connectivity index (χ4v) is 2.40. The molecule has 1 aromatic heterocycles. The first-order valence-corrected chi connectivity index (χ1v) is 6.12. The predicted molar refractivity (Wildman–Crippen MR) is 67.9 cm³/mol. The van der Waals surface area contributed by atoms with Crippen LogP contribution in [0.2, 0.25) is 0 Å². The number of nitrogens with zero attached hydrogens (tertiary/aromatic N) is 3. The van der Waals surface area contributed by atoms with Crippen LogP contribution in [0.3, 0.4) is 0 Å². The van der Waals surface area contributed by atoms with Gasteiger partial charge in [0.1, 0.15) is 5.82 Å². The van der Waals surface area contributed by atoms with E-state index in [0.717, 1.165) is 18.9 Å². The first kappa shape index (κ1) is 11.9. The van der Waals surface area contributed by atoms with E-state index in [1.165, 1.54) is 19.3 Å². The molecule has 1 aliphatic rings. The van der Waals surface area contributed by atoms with Crippen LogP contribution in [0.1, 0.15) is 24.8 Å². The number of piperidine rings is 1. The van der Waals surface area contributed by atoms with Gasteiger partial charge in [-0.25, -0.2) is 4.98 Å². The number of likely N-dealkylation sites (N-methyl/N-ethyl adjacent to an activating group) is 1. The molecule has 0 aromatic carbocycles. The smallest absolute Gasteiger partial charge is 0.130 e. The summed E-state index contributed by atoms with van der Waals surface area (Å²) in [6, 6.07) is 6.30. The molecular weight excluding hydrogens is 212 g/mol. The first-order valence-electron chi connectivity index (χ1n) is 6.12. The van der Waals surface area contributed by atoms with Gasteiger partial charge in [-0.3, -0.25) is 0 Å². The lowest BCUT2D eigenvalue weighted by Gasteiger charge is -2.36. The van der Waals surface area contributed by atoms with Gasteiger partial charge in [-0.05, 0) is 38.4 Å². The Morgan fingerprint density at radius 3 is 3.24 bits per heavy atom. The highest BCUT2D eigenvalue weighted by atomic mass is 15.2. The zero-order chi connectivity index (χ0) is 12.1. The Bertz CT molecular complexity index is 408. The second-order valence-electron chi connectivity index (χ2n) is 4.42. The minimum Gasteiger partial charge on any atom is -0.352 e. The van der Waals surface area contributed by atoms with E-state index in [4.69, 9.17) is 5.26 Å². The third-order valence-electron chi connectivity index (χ3n) is 3.24. The molecule has 0 spiro atoms. The second-order valence-corrected chi connectivity index (χ2v) is 4.42. The van der Waals surface area contributed by atoms with Crippen LogP contribution in [-0.4, -0.2) is 31.2 Å². The van der Waals surface area contributed by atoms with Gasteiger partial charge in [0, 0.05) is 25.3 Å². The summed E-state index contributed by atoms with van der Waals surface area (Å²) in [7, 11) is 1.98. The average molecular weight is 230 g/mol. The summed E-state index contributed by atoms with van der Waals surface area (Å²) in [4.78, 5) is 6.71. The lowest BCUT2D eigenvalue weighted by Crippen LogP contribution is -2.45. The molecule has 0 bridgehead atoms. The summed E-state index contributed by atoms with van der Waals surface area (Å²) in [6.45, 7) is 2.01. The Kier molecular flexibility index (Phi) is 3.94. The molecule has 4 heteroatoms. The molecule has 1 N–H and O–H groups in total. The molecule has 0 amide bonds. The molecule has 1 fully saturated rings. The van der Waals surface area contributed by atoms with Gasteiger partial charge in [0.2, 0.25) is 0 Å². The number of nitrogens with one attached hydrogen (secondary N) is 1. The lowest BCUT2D eigenvalue weighted by molar-refractivity contribution is 0.443. The van der Waals surface area contributed by atoms with Gasteiger partial charge in [-0.15, -0.1) is 0 Å². The Morgan fingerprint density at radius 1 is 1.59 bits per heavy atom. The highest BCUT2D eigenvalue weighted by Crippen LogP contribution is 2.23. The van der Waals surface area contributed by atoms with Gasteiger partial charge in [0.25, 0.3) is 0 Å². The zero-order valence-electron chi connectivity index (χ0n) is 10.2. The van der Waals surface area contributed by atoms with Crippen molar-refractivity contribution in [2.75, 3.05) is 25.0 Å². The second kappa shape index (κ2) is 5.65. The minimum atomic E-state index is 0.496. The Labute approximate surface area is 102 Å². The van der Waals surface area contributed by atoms with E-state index >= 15 is 0 Å². The molecule has 2 rings (SSSR count). The average Bonchev–Trinajstić information content (AvgIpc) is 2.40. The number of nitriles is 1. The largest absolute Gasteiger partial charge is 0.352 e. The van der Waals surface area contributed by atoms with Crippen molar-refractivity contribution >= 4 is 5.82 Å². The normalized spacial score (nSPS) is 20.0. The molecule has 1 aliphatic heterocycles. The molecule has 1 aromatic rings. The molecule has 4 nitrogen and oxygen atoms in total. The van der Waals surface area contributed by atoms with E-state index in [1.54, 1.807) is 12.3 Å². The summed E-state index contributed by atoms with van der Waals surface area (Å²) < 4.78 is 0. The minimum absolute atomic E-state index is 0.496. The fourth-order valence-electron chi connectivity index (χ4n) is 2.40. The molecule has 0 saturated carbocycles. The predicted octanol–water partition coefficient (Wildman–Crippen LogP) is 1.53. The van der Waals surface area contributed by atoms with Crippen molar-refractivity contribution in [3.8, 4) is 6.07 Å². The molecule has 1 saturated heterocycles. The van der Waals surface area contributed by atoms with Crippen molar-refractivity contribution < 1.29 is 0 Å². The van der Waals surface area contributed by atoms with Gasteiger partial charge in [0.15, 0.2) is 0 Å². The topological polar surface area (TPSA) is 52.0 Å². The van der Waals surface area contributed by atoms with Crippen molar-refractivity contribution in [1.29, 1.82) is 5.26 Å². The molecular formula is C13H18N4. The van der Waals surface area contributed by atoms with Crippen LogP contribution in [-0.2, 0) is 0 Å². The van der Waals surface area contributed by atoms with E-state index < -0.39 is 0 Å². The molecule has 1 unspecified atom stereocenters. The summed E-state index contributed by atoms with van der Waals surface area (Å²) in [5.74, 6) is 0.934. The number of anilines is 1. The summed E-state index contributed by atoms with van der Waals surface area (Å²) >= 11 is 0. The summed E-state index contributed by atoms with van der Waals surface area (Å²) in [6.07, 6.45) is 5.40. The van der Waals surface area contributed by atoms with Crippen LogP contribution in [0.4, 0.5) is 5.82 Å². The van der Waals surface area contributed by atoms with Gasteiger partial charge in [-0.1, -0.05) is 0 Å². The van der Waals surface area contributed by atoms with Crippen LogP contribution in [0.25, 0.3) is 0 Å². The highest BCUT2D eigenvalue weighted by molar-refractivity contribution is 5.46. The maximum absolute atomic E-state index is 8.92. The number of aromatic nitrogens is 1. The Morgan fingerprint density at radius 2 is 2.47 bits per heavy atom. The van der Waals surface area contributed by atoms with Crippen molar-refractivity contribution in [2.24, 2.45) is 0 Å². The summed E-state index contributed by atoms with van der Waals surface area (Å²) in [5.41, 5.74) is 0.684. The van der Waals surface area contributed by atoms with Gasteiger partial charge in [0.05, 0.1) is 11.6 Å². The third-order valence-corrected chi connectivity index (χ3v) is 3.24. The first-order chi connectivity index (χ1) is 8.35. The zero-order valence-corrected chi connectivity index (χ0v) is 10.2. The standard InChI is InChI=1S/C13H18N4/c1-15-10-12-4-2-3-7-17(12)13-8-11(9-14)5-6-16-13/h5-6,8,12,15H,2-4,7,10H2,1H3. The van der Waals surface area contributed by atoms with E-state index in [1.807, 2.05) is 13.1 Å². The van der Waals surface area contributed by atoms with Crippen LogP contribution < -0.4 is 10.2 Å². The van der Waals surface area contributed by atoms with Crippen LogP contribution in [0.15, 0.2) is 18.3 Å². The Balaban J connectivity index is 2.20. The number of hydrogen-bond donors (Lipinski definition) is 1. The van der Waals surface area contributed by atoms with Crippen LogP contribution in [0, 0.1) is 11.3 Å². The lowest BCUT2D eigenvalue weighted by atomic mass is 10.0. The van der Waals surface area contributed by atoms with Crippen LogP contribution >= 0.6 is 0 Å². The highest BCUT2D eigenvalue weighted by Gasteiger charge is 2.22. The van der Waals surface area contributed by atoms with Gasteiger partial charge < -0.3 is 10.2 Å². The molecule has 0 radical (unpaired) electrons. The van der Waals surface area contributed by atoms with E-state index in [0.29, 0.717) is 11.6 Å². The van der Waals surface area contributed by atoms with Gasteiger partial charge in [-0.2, -0.15) is 5.26 Å². The maximum Gasteiger partial charge on any atom is 0.130 e. The van der Waals surface area contributed by atoms with Gasteiger partial charge >= 0.3 is 0 Å². The molecule has 17 heavy (non-hydrogen) atoms. The van der Waals surface area contributed by atoms with E-state index in [-0.39, 0.29) is 0 Å². The van der Waals surface area contributed by atoms with Crippen molar-refractivity contribution in [3.63, 3.8) is 0 Å². The SMILES string of the molecule is CNCC1CCCCN1c1cc(C#N)ccn1. The monoisotopic (exact) mass is 230 g/mol. The quantitative estimate of drug-likeness (QED) is 0.855. The van der Waals surface area contributed by atoms with Crippen molar-refractivity contribution in [1.82, 2.24) is 10.3 Å². The summed E-state index contributed by atoms with van der Waals surface area (Å²) in [5, 5.41) is 12.2. The maximum atomic E-state index is 8.92. The van der Waals surface area contributed by atoms with Crippen molar-refractivity contribution in [3.05, 3.63) is 23.9 Å². The number of pyridine rings is 1. The molecule has 0 aliphatic carbocycles. The molecule has 1 atom stereocenters. The fraction of sp³-hybridized carbons (Fsp3) is 0.538. The number of rotatable bonds is 3. The Hall–Kier alpha value is -1.60. The van der Waals surface area contributed by atoms with E-state index in [2.05, 4.69) is 21.3 Å². The number of hydrogen-bond acceptors (Lipinski definition) is 4. The van der Waals surface area contributed by atoms with Crippen LogP contribution in [0.5, 0.6) is 0 Å².